The Hall–Kier alpha value is -1.51. The molecule has 0 spiro atoms. The number of carbonyl (C=O) groups excluding carboxylic acids is 1. The van der Waals surface area contributed by atoms with Crippen LogP contribution in [0.3, 0.4) is 0 Å². The Bertz CT molecular complexity index is 489. The first-order chi connectivity index (χ1) is 9.17. The summed E-state index contributed by atoms with van der Waals surface area (Å²) in [5, 5.41) is 12.6. The number of rotatable bonds is 2. The van der Waals surface area contributed by atoms with Gasteiger partial charge in [0.05, 0.1) is 0 Å². The fourth-order valence-electron chi connectivity index (χ4n) is 3.86. The molecule has 3 nitrogen and oxygen atoms in total. The van der Waals surface area contributed by atoms with Crippen molar-refractivity contribution in [3.63, 3.8) is 0 Å². The minimum Gasteiger partial charge on any atom is -0.508 e. The summed E-state index contributed by atoms with van der Waals surface area (Å²) in [6.07, 6.45) is 3.18. The zero-order valence-corrected chi connectivity index (χ0v) is 12.9. The van der Waals surface area contributed by atoms with Crippen molar-refractivity contribution in [1.29, 1.82) is 0 Å². The Morgan fingerprint density at radius 1 is 1.20 bits per heavy atom. The molecule has 0 bridgehead atoms. The summed E-state index contributed by atoms with van der Waals surface area (Å²) >= 11 is 0. The van der Waals surface area contributed by atoms with Crippen LogP contribution in [-0.4, -0.2) is 17.1 Å². The summed E-state index contributed by atoms with van der Waals surface area (Å²) in [4.78, 5) is 12.3. The summed E-state index contributed by atoms with van der Waals surface area (Å²) < 4.78 is 0. The standard InChI is InChI=1S/C17H25NO2/c1-16(2)9-13(10-17(3,4)11-16)18-15(20)12-6-5-7-14(19)8-12/h5-8,13,19H,9-11H2,1-4H3,(H,18,20). The van der Waals surface area contributed by atoms with Crippen LogP contribution in [0.5, 0.6) is 5.75 Å². The highest BCUT2D eigenvalue weighted by Gasteiger charge is 2.38. The van der Waals surface area contributed by atoms with Crippen LogP contribution in [0.1, 0.15) is 57.3 Å². The molecule has 1 saturated carbocycles. The van der Waals surface area contributed by atoms with Crippen LogP contribution in [0.15, 0.2) is 24.3 Å². The third-order valence-electron chi connectivity index (χ3n) is 4.00. The predicted octanol–water partition coefficient (Wildman–Crippen LogP) is 3.73. The summed E-state index contributed by atoms with van der Waals surface area (Å²) in [6, 6.07) is 6.70. The van der Waals surface area contributed by atoms with Crippen LogP contribution in [0.2, 0.25) is 0 Å². The monoisotopic (exact) mass is 275 g/mol. The second-order valence-corrected chi connectivity index (χ2v) is 7.63. The maximum atomic E-state index is 12.3. The Morgan fingerprint density at radius 3 is 2.35 bits per heavy atom. The largest absolute Gasteiger partial charge is 0.508 e. The van der Waals surface area contributed by atoms with Crippen LogP contribution in [0.25, 0.3) is 0 Å². The lowest BCUT2D eigenvalue weighted by atomic mass is 9.63. The number of phenols is 1. The topological polar surface area (TPSA) is 49.3 Å². The van der Waals surface area contributed by atoms with Gasteiger partial charge in [0.15, 0.2) is 0 Å². The van der Waals surface area contributed by atoms with E-state index in [1.165, 1.54) is 12.5 Å². The Labute approximate surface area is 121 Å². The number of nitrogens with one attached hydrogen (secondary N) is 1. The molecule has 0 aliphatic heterocycles. The third kappa shape index (κ3) is 3.75. The number of amides is 1. The van der Waals surface area contributed by atoms with Gasteiger partial charge in [0.1, 0.15) is 5.75 Å². The SMILES string of the molecule is CC1(C)CC(NC(=O)c2cccc(O)c2)CC(C)(C)C1. The highest BCUT2D eigenvalue weighted by molar-refractivity contribution is 5.94. The molecule has 0 aromatic heterocycles. The smallest absolute Gasteiger partial charge is 0.251 e. The fourth-order valence-corrected chi connectivity index (χ4v) is 3.86. The molecule has 0 unspecified atom stereocenters. The molecular formula is C17H25NO2. The van der Waals surface area contributed by atoms with E-state index in [9.17, 15) is 9.90 Å². The number of hydrogen-bond donors (Lipinski definition) is 2. The normalized spacial score (nSPS) is 21.4. The quantitative estimate of drug-likeness (QED) is 0.864. The predicted molar refractivity (Wildman–Crippen MR) is 80.8 cm³/mol. The van der Waals surface area contributed by atoms with E-state index in [2.05, 4.69) is 33.0 Å². The Morgan fingerprint density at radius 2 is 1.80 bits per heavy atom. The van der Waals surface area contributed by atoms with E-state index < -0.39 is 0 Å². The zero-order valence-electron chi connectivity index (χ0n) is 12.9. The Kier molecular flexibility index (Phi) is 3.81. The molecule has 2 N–H and O–H groups in total. The van der Waals surface area contributed by atoms with E-state index in [0.717, 1.165) is 12.8 Å². The van der Waals surface area contributed by atoms with Crippen molar-refractivity contribution in [2.24, 2.45) is 10.8 Å². The molecule has 2 rings (SSSR count). The average Bonchev–Trinajstić information content (AvgIpc) is 2.24. The summed E-state index contributed by atoms with van der Waals surface area (Å²) in [7, 11) is 0. The average molecular weight is 275 g/mol. The van der Waals surface area contributed by atoms with Gasteiger partial charge in [-0.05, 0) is 48.3 Å². The molecule has 0 saturated heterocycles. The van der Waals surface area contributed by atoms with Gasteiger partial charge in [0.25, 0.3) is 5.91 Å². The van der Waals surface area contributed by atoms with Gasteiger partial charge in [0.2, 0.25) is 0 Å². The third-order valence-corrected chi connectivity index (χ3v) is 4.00. The number of benzene rings is 1. The van der Waals surface area contributed by atoms with Crippen molar-refractivity contribution >= 4 is 5.91 Å². The molecular weight excluding hydrogens is 250 g/mol. The van der Waals surface area contributed by atoms with Crippen molar-refractivity contribution in [3.8, 4) is 5.75 Å². The molecule has 1 aliphatic rings. The first kappa shape index (κ1) is 14.9. The molecule has 110 valence electrons. The lowest BCUT2D eigenvalue weighted by Gasteiger charge is -2.45. The van der Waals surface area contributed by atoms with Crippen molar-refractivity contribution in [2.45, 2.75) is 53.0 Å². The van der Waals surface area contributed by atoms with Crippen molar-refractivity contribution in [3.05, 3.63) is 29.8 Å². The van der Waals surface area contributed by atoms with Gasteiger partial charge in [0, 0.05) is 11.6 Å². The number of phenolic OH excluding ortho intramolecular Hbond substituents is 1. The van der Waals surface area contributed by atoms with E-state index in [1.54, 1.807) is 18.2 Å². The van der Waals surface area contributed by atoms with Crippen LogP contribution in [0, 0.1) is 10.8 Å². The maximum absolute atomic E-state index is 12.3. The van der Waals surface area contributed by atoms with E-state index in [-0.39, 0.29) is 28.5 Å². The highest BCUT2D eigenvalue weighted by Crippen LogP contribution is 2.45. The molecule has 0 radical (unpaired) electrons. The van der Waals surface area contributed by atoms with Crippen LogP contribution < -0.4 is 5.32 Å². The van der Waals surface area contributed by atoms with Gasteiger partial charge < -0.3 is 10.4 Å². The summed E-state index contributed by atoms with van der Waals surface area (Å²) in [5.74, 6) is 0.0290. The number of carbonyl (C=O) groups is 1. The minimum absolute atomic E-state index is 0.0978. The first-order valence-electron chi connectivity index (χ1n) is 7.27. The van der Waals surface area contributed by atoms with E-state index in [4.69, 9.17) is 0 Å². The molecule has 1 aliphatic carbocycles. The van der Waals surface area contributed by atoms with E-state index in [0.29, 0.717) is 5.56 Å². The molecule has 0 atom stereocenters. The van der Waals surface area contributed by atoms with Crippen molar-refractivity contribution < 1.29 is 9.90 Å². The van der Waals surface area contributed by atoms with Gasteiger partial charge in [-0.2, -0.15) is 0 Å². The van der Waals surface area contributed by atoms with Gasteiger partial charge in [-0.1, -0.05) is 33.8 Å². The summed E-state index contributed by atoms with van der Waals surface area (Å²) in [5.41, 5.74) is 1.02. The van der Waals surface area contributed by atoms with Crippen LogP contribution in [0.4, 0.5) is 0 Å². The fraction of sp³-hybridized carbons (Fsp3) is 0.588. The highest BCUT2D eigenvalue weighted by atomic mass is 16.3. The molecule has 20 heavy (non-hydrogen) atoms. The molecule has 0 heterocycles. The van der Waals surface area contributed by atoms with Gasteiger partial charge in [-0.15, -0.1) is 0 Å². The lowest BCUT2D eigenvalue weighted by molar-refractivity contribution is 0.0713. The van der Waals surface area contributed by atoms with Crippen LogP contribution in [-0.2, 0) is 0 Å². The van der Waals surface area contributed by atoms with E-state index in [1.807, 2.05) is 0 Å². The summed E-state index contributed by atoms with van der Waals surface area (Å²) in [6.45, 7) is 9.06. The van der Waals surface area contributed by atoms with Crippen LogP contribution >= 0.6 is 0 Å². The molecule has 1 aromatic rings. The zero-order chi connectivity index (χ0) is 15.0. The molecule has 3 heteroatoms. The number of aromatic hydroxyl groups is 1. The minimum atomic E-state index is -0.0978. The lowest BCUT2D eigenvalue weighted by Crippen LogP contribution is -2.46. The molecule has 1 aromatic carbocycles. The second-order valence-electron chi connectivity index (χ2n) is 7.63. The van der Waals surface area contributed by atoms with E-state index >= 15 is 0 Å². The van der Waals surface area contributed by atoms with Crippen molar-refractivity contribution in [2.75, 3.05) is 0 Å². The Balaban J connectivity index is 2.08. The first-order valence-corrected chi connectivity index (χ1v) is 7.27. The van der Waals surface area contributed by atoms with Gasteiger partial charge in [-0.25, -0.2) is 0 Å². The van der Waals surface area contributed by atoms with Crippen molar-refractivity contribution in [1.82, 2.24) is 5.32 Å². The number of hydrogen-bond acceptors (Lipinski definition) is 2. The molecule has 1 fully saturated rings. The second kappa shape index (κ2) is 5.12. The van der Waals surface area contributed by atoms with Gasteiger partial charge >= 0.3 is 0 Å². The maximum Gasteiger partial charge on any atom is 0.251 e. The van der Waals surface area contributed by atoms with Gasteiger partial charge in [-0.3, -0.25) is 4.79 Å². The molecule has 1 amide bonds.